The van der Waals surface area contributed by atoms with Crippen molar-refractivity contribution in [2.24, 2.45) is 17.8 Å². The molecule has 0 aromatic carbocycles. The highest BCUT2D eigenvalue weighted by Crippen LogP contribution is 2.48. The van der Waals surface area contributed by atoms with Crippen LogP contribution in [0.3, 0.4) is 0 Å². The van der Waals surface area contributed by atoms with Gasteiger partial charge in [0.2, 0.25) is 0 Å². The number of fused-ring (bicyclic) bond motifs is 2. The van der Waals surface area contributed by atoms with E-state index in [0.29, 0.717) is 19.0 Å². The van der Waals surface area contributed by atoms with Crippen LogP contribution in [0.25, 0.3) is 0 Å². The summed E-state index contributed by atoms with van der Waals surface area (Å²) in [5.74, 6) is 1.40. The predicted octanol–water partition coefficient (Wildman–Crippen LogP) is 2.72. The van der Waals surface area contributed by atoms with Crippen molar-refractivity contribution in [3.05, 3.63) is 0 Å². The van der Waals surface area contributed by atoms with Crippen molar-refractivity contribution in [2.45, 2.75) is 65.0 Å². The molecule has 6 nitrogen and oxygen atoms in total. The van der Waals surface area contributed by atoms with Crippen LogP contribution in [0.4, 0.5) is 4.79 Å². The van der Waals surface area contributed by atoms with Crippen LogP contribution in [0, 0.1) is 17.8 Å². The second-order valence-corrected chi connectivity index (χ2v) is 8.37. The highest BCUT2D eigenvalue weighted by atomic mass is 16.6. The molecule has 0 aromatic heterocycles. The van der Waals surface area contributed by atoms with Crippen molar-refractivity contribution in [3.63, 3.8) is 0 Å². The van der Waals surface area contributed by atoms with Crippen molar-refractivity contribution in [1.29, 1.82) is 0 Å². The van der Waals surface area contributed by atoms with Gasteiger partial charge in [-0.15, -0.1) is 0 Å². The quantitative estimate of drug-likeness (QED) is 0.745. The molecule has 2 fully saturated rings. The average molecular weight is 340 g/mol. The number of aliphatic carboxylic acids is 1. The molecule has 2 rings (SSSR count). The Labute approximate surface area is 144 Å². The molecule has 2 saturated carbocycles. The van der Waals surface area contributed by atoms with Crippen LogP contribution in [-0.4, -0.2) is 53.3 Å². The fourth-order valence-corrected chi connectivity index (χ4v) is 4.12. The molecule has 2 N–H and O–H groups in total. The molecule has 0 saturated heterocycles. The second kappa shape index (κ2) is 7.72. The summed E-state index contributed by atoms with van der Waals surface area (Å²) < 4.78 is 5.22. The van der Waals surface area contributed by atoms with Crippen molar-refractivity contribution < 1.29 is 19.4 Å². The largest absolute Gasteiger partial charge is 0.480 e. The Hall–Kier alpha value is -1.30. The lowest BCUT2D eigenvalue weighted by Gasteiger charge is -2.32. The van der Waals surface area contributed by atoms with Gasteiger partial charge in [-0.3, -0.25) is 9.69 Å². The third-order valence-electron chi connectivity index (χ3n) is 5.33. The van der Waals surface area contributed by atoms with Gasteiger partial charge in [-0.05, 0) is 64.7 Å². The number of carbonyl (C=O) groups excluding carboxylic acids is 1. The monoisotopic (exact) mass is 340 g/mol. The number of carboxylic acid groups (broad SMARTS) is 1. The van der Waals surface area contributed by atoms with E-state index in [9.17, 15) is 14.7 Å². The smallest absolute Gasteiger partial charge is 0.407 e. The zero-order valence-corrected chi connectivity index (χ0v) is 15.4. The molecule has 0 aliphatic heterocycles. The molecule has 0 spiro atoms. The molecule has 0 unspecified atom stereocenters. The number of alkyl carbamates (subject to hydrolysis) is 1. The van der Waals surface area contributed by atoms with E-state index >= 15 is 0 Å². The number of amides is 1. The molecule has 0 radical (unpaired) electrons. The first-order chi connectivity index (χ1) is 11.2. The maximum atomic E-state index is 11.7. The van der Waals surface area contributed by atoms with Crippen LogP contribution in [-0.2, 0) is 9.53 Å². The van der Waals surface area contributed by atoms with Crippen molar-refractivity contribution in [1.82, 2.24) is 10.2 Å². The molecular formula is C18H32N2O4. The summed E-state index contributed by atoms with van der Waals surface area (Å²) in [4.78, 5) is 25.1. The van der Waals surface area contributed by atoms with Gasteiger partial charge in [0.05, 0.1) is 0 Å². The molecule has 2 bridgehead atoms. The van der Waals surface area contributed by atoms with Gasteiger partial charge < -0.3 is 15.2 Å². The van der Waals surface area contributed by atoms with E-state index in [4.69, 9.17) is 4.74 Å². The molecular weight excluding hydrogens is 308 g/mol. The summed E-state index contributed by atoms with van der Waals surface area (Å²) in [6.07, 6.45) is 4.73. The Morgan fingerprint density at radius 3 is 2.50 bits per heavy atom. The van der Waals surface area contributed by atoms with E-state index in [1.165, 1.54) is 25.7 Å². The minimum absolute atomic E-state index is 0.396. The maximum absolute atomic E-state index is 11.7. The third-order valence-corrected chi connectivity index (χ3v) is 5.33. The second-order valence-electron chi connectivity index (χ2n) is 8.37. The number of nitrogens with one attached hydrogen (secondary N) is 1. The fraction of sp³-hybridized carbons (Fsp3) is 0.889. The van der Waals surface area contributed by atoms with Crippen LogP contribution in [0.15, 0.2) is 0 Å². The van der Waals surface area contributed by atoms with Crippen LogP contribution < -0.4 is 5.32 Å². The van der Waals surface area contributed by atoms with E-state index in [-0.39, 0.29) is 0 Å². The zero-order chi connectivity index (χ0) is 17.9. The lowest BCUT2D eigenvalue weighted by atomic mass is 9.88. The Morgan fingerprint density at radius 2 is 2.00 bits per heavy atom. The molecule has 4 atom stereocenters. The van der Waals surface area contributed by atoms with E-state index in [1.54, 1.807) is 6.92 Å². The van der Waals surface area contributed by atoms with Gasteiger partial charge in [0.25, 0.3) is 0 Å². The molecule has 0 heterocycles. The summed E-state index contributed by atoms with van der Waals surface area (Å²) in [5.41, 5.74) is -0.527. The first-order valence-corrected chi connectivity index (χ1v) is 9.09. The molecule has 138 valence electrons. The minimum Gasteiger partial charge on any atom is -0.480 e. The number of carboxylic acids is 1. The average Bonchev–Trinajstić information content (AvgIpc) is 3.05. The van der Waals surface area contributed by atoms with Crippen molar-refractivity contribution >= 4 is 12.1 Å². The minimum atomic E-state index is -0.810. The molecule has 6 heteroatoms. The summed E-state index contributed by atoms with van der Waals surface area (Å²) >= 11 is 0. The van der Waals surface area contributed by atoms with E-state index in [2.05, 4.69) is 5.32 Å². The number of ether oxygens (including phenoxy) is 1. The van der Waals surface area contributed by atoms with E-state index < -0.39 is 23.7 Å². The van der Waals surface area contributed by atoms with Gasteiger partial charge in [0.1, 0.15) is 11.6 Å². The molecule has 24 heavy (non-hydrogen) atoms. The summed E-state index contributed by atoms with van der Waals surface area (Å²) in [7, 11) is 0. The number of carbonyl (C=O) groups is 2. The SMILES string of the molecule is C[C@@H](C(=O)O)N(CCNC(=O)OC(C)(C)C)C[C@@H]1C[C@@H]2CC[C@H]1C2. The third kappa shape index (κ3) is 5.36. The van der Waals surface area contributed by atoms with Gasteiger partial charge in [0, 0.05) is 19.6 Å². The Morgan fingerprint density at radius 1 is 1.29 bits per heavy atom. The summed E-state index contributed by atoms with van der Waals surface area (Å²) in [5, 5.41) is 12.1. The molecule has 0 aromatic rings. The summed E-state index contributed by atoms with van der Waals surface area (Å²) in [6, 6.07) is -0.537. The van der Waals surface area contributed by atoms with E-state index in [1.807, 2.05) is 25.7 Å². The fourth-order valence-electron chi connectivity index (χ4n) is 4.12. The first kappa shape index (κ1) is 19.0. The lowest BCUT2D eigenvalue weighted by molar-refractivity contribution is -0.142. The Bertz CT molecular complexity index is 460. The molecule has 1 amide bonds. The van der Waals surface area contributed by atoms with Gasteiger partial charge in [-0.25, -0.2) is 4.79 Å². The number of rotatable bonds is 7. The van der Waals surface area contributed by atoms with Gasteiger partial charge in [0.15, 0.2) is 0 Å². The number of hydrogen-bond donors (Lipinski definition) is 2. The first-order valence-electron chi connectivity index (χ1n) is 9.09. The standard InChI is InChI=1S/C18H32N2O4/c1-12(16(21)22)20(8-7-19-17(23)24-18(2,3)4)11-15-10-13-5-6-14(15)9-13/h12-15H,5-11H2,1-4H3,(H,19,23)(H,21,22)/t12-,13+,14-,15-/m0/s1. The lowest BCUT2D eigenvalue weighted by Crippen LogP contribution is -2.46. The van der Waals surface area contributed by atoms with Crippen LogP contribution >= 0.6 is 0 Å². The molecule has 2 aliphatic rings. The van der Waals surface area contributed by atoms with Gasteiger partial charge in [-0.1, -0.05) is 6.42 Å². The van der Waals surface area contributed by atoms with Gasteiger partial charge in [-0.2, -0.15) is 0 Å². The normalized spacial score (nSPS) is 27.3. The van der Waals surface area contributed by atoms with E-state index in [0.717, 1.165) is 18.4 Å². The van der Waals surface area contributed by atoms with Crippen LogP contribution in [0.2, 0.25) is 0 Å². The van der Waals surface area contributed by atoms with Gasteiger partial charge >= 0.3 is 12.1 Å². The zero-order valence-electron chi connectivity index (χ0n) is 15.4. The Kier molecular flexibility index (Phi) is 6.12. The van der Waals surface area contributed by atoms with Crippen LogP contribution in [0.5, 0.6) is 0 Å². The predicted molar refractivity (Wildman–Crippen MR) is 91.8 cm³/mol. The van der Waals surface area contributed by atoms with Crippen molar-refractivity contribution in [3.8, 4) is 0 Å². The highest BCUT2D eigenvalue weighted by Gasteiger charge is 2.40. The Balaban J connectivity index is 1.83. The number of hydrogen-bond acceptors (Lipinski definition) is 4. The van der Waals surface area contributed by atoms with Crippen molar-refractivity contribution in [2.75, 3.05) is 19.6 Å². The molecule has 2 aliphatic carbocycles. The number of nitrogens with zero attached hydrogens (tertiary/aromatic N) is 1. The summed E-state index contributed by atoms with van der Waals surface area (Å²) in [6.45, 7) is 8.92. The maximum Gasteiger partial charge on any atom is 0.407 e. The van der Waals surface area contributed by atoms with Crippen LogP contribution in [0.1, 0.15) is 53.4 Å². The highest BCUT2D eigenvalue weighted by molar-refractivity contribution is 5.73. The topological polar surface area (TPSA) is 78.9 Å².